The molecule has 1 aliphatic heterocycles. The standard InChI is InChI=1S/C37H48N8O3/c1-24-10-12-26(13-11-24)41-34(22-32(38)37(3,4)5)43-36(46)42-30-15-16-31(29-9-7-6-8-28(29)30)48-27-14-17-33(39)45(23-27)35(40)25(2)44-18-20-47-21-19-44/h6-14,17,22-23,25,30-31,39-40H,15-16,18-21,38H2,1-5H3,(H2,41,42,43,46)/t25-,30+,31-/m1/s1. The number of nitrogens with one attached hydrogen (secondary N) is 4. The molecule has 0 bridgehead atoms. The first-order chi connectivity index (χ1) is 22.9. The van der Waals surface area contributed by atoms with Crippen molar-refractivity contribution >= 4 is 23.4 Å². The molecule has 0 radical (unpaired) electrons. The van der Waals surface area contributed by atoms with Gasteiger partial charge in [0.05, 0.1) is 37.2 Å². The van der Waals surface area contributed by atoms with E-state index < -0.39 is 0 Å². The van der Waals surface area contributed by atoms with E-state index in [0.29, 0.717) is 54.9 Å². The molecular formula is C37H48N8O3. The van der Waals surface area contributed by atoms with Crippen LogP contribution >= 0.6 is 0 Å². The molecule has 1 aromatic heterocycles. The molecule has 11 nitrogen and oxygen atoms in total. The van der Waals surface area contributed by atoms with Gasteiger partial charge in [-0.2, -0.15) is 0 Å². The van der Waals surface area contributed by atoms with Gasteiger partial charge in [0.1, 0.15) is 29.0 Å². The van der Waals surface area contributed by atoms with Gasteiger partial charge in [0.15, 0.2) is 0 Å². The number of amidine groups is 1. The average molecular weight is 653 g/mol. The van der Waals surface area contributed by atoms with Crippen LogP contribution in [0.5, 0.6) is 5.75 Å². The van der Waals surface area contributed by atoms with Gasteiger partial charge in [0.25, 0.3) is 0 Å². The van der Waals surface area contributed by atoms with Crippen LogP contribution in [0.3, 0.4) is 0 Å². The number of carbonyl (C=O) groups is 1. The van der Waals surface area contributed by atoms with Gasteiger partial charge in [-0.25, -0.2) is 9.79 Å². The van der Waals surface area contributed by atoms with E-state index in [2.05, 4.69) is 20.5 Å². The number of allylic oxidation sites excluding steroid dienone is 1. The van der Waals surface area contributed by atoms with Crippen LogP contribution in [0, 0.1) is 23.2 Å². The zero-order chi connectivity index (χ0) is 34.4. The number of fused-ring (bicyclic) bond motifs is 1. The normalized spacial score (nSPS) is 19.6. The lowest BCUT2D eigenvalue weighted by molar-refractivity contribution is 0.0311. The molecule has 3 aromatic rings. The summed E-state index contributed by atoms with van der Waals surface area (Å²) >= 11 is 0. The molecule has 3 atom stereocenters. The van der Waals surface area contributed by atoms with Crippen LogP contribution in [-0.4, -0.2) is 59.5 Å². The predicted octanol–water partition coefficient (Wildman–Crippen LogP) is 5.70. The van der Waals surface area contributed by atoms with Crippen LogP contribution < -0.4 is 26.6 Å². The number of hydrogen-bond donors (Lipinski definition) is 5. The van der Waals surface area contributed by atoms with E-state index in [4.69, 9.17) is 26.0 Å². The predicted molar refractivity (Wildman–Crippen MR) is 189 cm³/mol. The number of carbonyl (C=O) groups excluding carboxylic acids is 1. The minimum Gasteiger partial charge on any atom is -0.484 e. The second-order valence-corrected chi connectivity index (χ2v) is 13.5. The molecule has 254 valence electrons. The maximum Gasteiger partial charge on any atom is 0.320 e. The number of ether oxygens (including phenoxy) is 2. The van der Waals surface area contributed by atoms with Crippen LogP contribution in [0.4, 0.5) is 10.5 Å². The zero-order valence-corrected chi connectivity index (χ0v) is 28.5. The third-order valence-corrected chi connectivity index (χ3v) is 8.87. The number of nitrogens with zero attached hydrogens (tertiary/aromatic N) is 3. The fourth-order valence-electron chi connectivity index (χ4n) is 5.81. The number of urea groups is 1. The molecule has 2 aromatic carbocycles. The molecule has 2 amide bonds. The lowest BCUT2D eigenvalue weighted by atomic mass is 9.85. The lowest BCUT2D eigenvalue weighted by Crippen LogP contribution is -2.48. The molecule has 1 saturated heterocycles. The first-order valence-corrected chi connectivity index (χ1v) is 16.5. The van der Waals surface area contributed by atoms with Gasteiger partial charge >= 0.3 is 6.03 Å². The Balaban J connectivity index is 1.31. The summed E-state index contributed by atoms with van der Waals surface area (Å²) in [6, 6.07) is 18.4. The lowest BCUT2D eigenvalue weighted by Gasteiger charge is -2.33. The van der Waals surface area contributed by atoms with Crippen molar-refractivity contribution in [2.24, 2.45) is 16.1 Å². The SMILES string of the molecule is Cc1ccc(N=C(C=C(N)C(C)(C)C)NC(=O)N[C@H]2CC[C@@H](Oc3ccc(=N)n(C(=N)[C@@H](C)N4CCOCC4)c3)c3ccccc32)cc1. The van der Waals surface area contributed by atoms with E-state index in [1.807, 2.05) is 83.1 Å². The number of aryl methyl sites for hydroxylation is 1. The van der Waals surface area contributed by atoms with Gasteiger partial charge in [-0.05, 0) is 62.1 Å². The number of amides is 2. The van der Waals surface area contributed by atoms with Gasteiger partial charge in [-0.3, -0.25) is 25.6 Å². The number of aromatic nitrogens is 1. The highest BCUT2D eigenvalue weighted by molar-refractivity contribution is 6.05. The molecule has 11 heteroatoms. The van der Waals surface area contributed by atoms with E-state index in [-0.39, 0.29) is 35.1 Å². The van der Waals surface area contributed by atoms with E-state index in [0.717, 1.165) is 29.8 Å². The summed E-state index contributed by atoms with van der Waals surface area (Å²) in [5.41, 5.74) is 10.7. The molecule has 0 unspecified atom stereocenters. The molecule has 6 N–H and O–H groups in total. The first kappa shape index (κ1) is 34.6. The van der Waals surface area contributed by atoms with Crippen molar-refractivity contribution in [3.05, 3.63) is 101 Å². The Morgan fingerprint density at radius 3 is 2.44 bits per heavy atom. The highest BCUT2D eigenvalue weighted by Gasteiger charge is 2.30. The molecule has 5 rings (SSSR count). The van der Waals surface area contributed by atoms with E-state index in [1.54, 1.807) is 29.0 Å². The molecule has 0 spiro atoms. The molecule has 1 aliphatic carbocycles. The monoisotopic (exact) mass is 652 g/mol. The number of hydrogen-bond acceptors (Lipinski definition) is 8. The largest absolute Gasteiger partial charge is 0.484 e. The molecule has 2 heterocycles. The van der Waals surface area contributed by atoms with Crippen molar-refractivity contribution < 1.29 is 14.3 Å². The Bertz CT molecular complexity index is 1730. The van der Waals surface area contributed by atoms with Gasteiger partial charge in [0, 0.05) is 30.3 Å². The van der Waals surface area contributed by atoms with Gasteiger partial charge in [-0.15, -0.1) is 0 Å². The minimum absolute atomic E-state index is 0.172. The molecular weight excluding hydrogens is 604 g/mol. The topological polar surface area (TPSA) is 154 Å². The zero-order valence-electron chi connectivity index (χ0n) is 28.5. The Kier molecular flexibility index (Phi) is 10.8. The third kappa shape index (κ3) is 8.59. The summed E-state index contributed by atoms with van der Waals surface area (Å²) in [7, 11) is 0. The van der Waals surface area contributed by atoms with Crippen LogP contribution in [0.15, 0.2) is 83.6 Å². The fraction of sp³-hybridized carbons (Fsp3) is 0.405. The maximum absolute atomic E-state index is 13.4. The van der Waals surface area contributed by atoms with E-state index in [1.165, 1.54) is 0 Å². The summed E-state index contributed by atoms with van der Waals surface area (Å²) in [4.78, 5) is 20.3. The summed E-state index contributed by atoms with van der Waals surface area (Å²) < 4.78 is 13.6. The average Bonchev–Trinajstić information content (AvgIpc) is 3.07. The van der Waals surface area contributed by atoms with Crippen LogP contribution in [0.25, 0.3) is 0 Å². The summed E-state index contributed by atoms with van der Waals surface area (Å²) in [6.07, 6.45) is 4.50. The van der Waals surface area contributed by atoms with Crippen LogP contribution in [0.1, 0.15) is 69.4 Å². The second kappa shape index (κ2) is 15.0. The molecule has 0 saturated carbocycles. The first-order valence-electron chi connectivity index (χ1n) is 16.5. The van der Waals surface area contributed by atoms with Gasteiger partial charge in [0.2, 0.25) is 0 Å². The van der Waals surface area contributed by atoms with E-state index in [9.17, 15) is 4.79 Å². The highest BCUT2D eigenvalue weighted by Crippen LogP contribution is 2.38. The smallest absolute Gasteiger partial charge is 0.320 e. The number of rotatable bonds is 7. The quantitative estimate of drug-likeness (QED) is 0.164. The number of benzene rings is 2. The van der Waals surface area contributed by atoms with E-state index >= 15 is 0 Å². The Morgan fingerprint density at radius 1 is 1.06 bits per heavy atom. The van der Waals surface area contributed by atoms with Gasteiger partial charge in [-0.1, -0.05) is 62.7 Å². The Morgan fingerprint density at radius 2 is 1.75 bits per heavy atom. The second-order valence-electron chi connectivity index (χ2n) is 13.5. The Hall–Kier alpha value is -4.74. The summed E-state index contributed by atoms with van der Waals surface area (Å²) in [6.45, 7) is 12.8. The molecule has 48 heavy (non-hydrogen) atoms. The number of nitrogens with two attached hydrogens (primary N) is 1. The number of pyridine rings is 1. The number of aliphatic imine (C=N–C) groups is 1. The minimum atomic E-state index is -0.377. The Labute approximate surface area is 282 Å². The maximum atomic E-state index is 13.4. The number of morpholine rings is 1. The van der Waals surface area contributed by atoms with Crippen molar-refractivity contribution in [3.63, 3.8) is 0 Å². The van der Waals surface area contributed by atoms with Crippen LogP contribution in [-0.2, 0) is 4.74 Å². The van der Waals surface area contributed by atoms with Crippen molar-refractivity contribution in [2.45, 2.75) is 65.6 Å². The molecule has 2 aliphatic rings. The summed E-state index contributed by atoms with van der Waals surface area (Å²) in [5.74, 6) is 1.25. The fourth-order valence-corrected chi connectivity index (χ4v) is 5.81. The van der Waals surface area contributed by atoms with Crippen molar-refractivity contribution in [1.29, 1.82) is 10.8 Å². The summed E-state index contributed by atoms with van der Waals surface area (Å²) in [5, 5.41) is 23.4. The van der Waals surface area contributed by atoms with Crippen molar-refractivity contribution in [3.8, 4) is 5.75 Å². The van der Waals surface area contributed by atoms with Crippen LogP contribution in [0.2, 0.25) is 0 Å². The van der Waals surface area contributed by atoms with Gasteiger partial charge < -0.3 is 20.5 Å². The van der Waals surface area contributed by atoms with Crippen molar-refractivity contribution in [2.75, 3.05) is 26.3 Å². The highest BCUT2D eigenvalue weighted by atomic mass is 16.5. The third-order valence-electron chi connectivity index (χ3n) is 8.87. The van der Waals surface area contributed by atoms with Crippen molar-refractivity contribution in [1.82, 2.24) is 20.1 Å². The molecule has 1 fully saturated rings.